The largest absolute Gasteiger partial charge is 0.467 e. The van der Waals surface area contributed by atoms with E-state index in [2.05, 4.69) is 11.4 Å². The van der Waals surface area contributed by atoms with Crippen molar-refractivity contribution in [2.45, 2.75) is 13.5 Å². The van der Waals surface area contributed by atoms with E-state index in [1.165, 1.54) is 0 Å². The second-order valence-electron chi connectivity index (χ2n) is 3.59. The van der Waals surface area contributed by atoms with Crippen LogP contribution in [0.2, 0.25) is 0 Å². The van der Waals surface area contributed by atoms with Crippen LogP contribution >= 0.6 is 0 Å². The van der Waals surface area contributed by atoms with Gasteiger partial charge in [-0.2, -0.15) is 5.26 Å². The summed E-state index contributed by atoms with van der Waals surface area (Å²) >= 11 is 0. The summed E-state index contributed by atoms with van der Waals surface area (Å²) in [5, 5.41) is 12.2. The van der Waals surface area contributed by atoms with E-state index in [1.807, 2.05) is 37.3 Å². The quantitative estimate of drug-likeness (QED) is 0.850. The third-order valence-corrected chi connectivity index (χ3v) is 2.33. The Labute approximate surface area is 94.3 Å². The maximum absolute atomic E-state index is 8.99. The van der Waals surface area contributed by atoms with E-state index in [1.54, 1.807) is 6.26 Å². The summed E-state index contributed by atoms with van der Waals surface area (Å²) in [6, 6.07) is 11.7. The number of rotatable bonds is 3. The molecule has 0 saturated heterocycles. The van der Waals surface area contributed by atoms with Gasteiger partial charge in [0.15, 0.2) is 0 Å². The smallest absolute Gasteiger partial charge is 0.122 e. The first-order valence-corrected chi connectivity index (χ1v) is 5.06. The monoisotopic (exact) mass is 212 g/mol. The lowest BCUT2D eigenvalue weighted by Crippen LogP contribution is -2.00. The van der Waals surface area contributed by atoms with Gasteiger partial charge in [-0.25, -0.2) is 0 Å². The highest BCUT2D eigenvalue weighted by atomic mass is 16.3. The molecule has 0 atom stereocenters. The van der Waals surface area contributed by atoms with Crippen molar-refractivity contribution >= 4 is 5.69 Å². The second-order valence-corrected chi connectivity index (χ2v) is 3.59. The van der Waals surface area contributed by atoms with Gasteiger partial charge >= 0.3 is 0 Å². The van der Waals surface area contributed by atoms with Crippen LogP contribution in [0.15, 0.2) is 41.0 Å². The highest BCUT2D eigenvalue weighted by Gasteiger charge is 2.02. The van der Waals surface area contributed by atoms with Gasteiger partial charge in [-0.3, -0.25) is 0 Å². The average molecular weight is 212 g/mol. The molecule has 0 aliphatic heterocycles. The topological polar surface area (TPSA) is 49.0 Å². The van der Waals surface area contributed by atoms with Gasteiger partial charge in [-0.15, -0.1) is 0 Å². The summed E-state index contributed by atoms with van der Waals surface area (Å²) in [6.07, 6.45) is 1.64. The lowest BCUT2D eigenvalue weighted by Gasteiger charge is -2.07. The van der Waals surface area contributed by atoms with Gasteiger partial charge in [-0.1, -0.05) is 6.07 Å². The zero-order valence-corrected chi connectivity index (χ0v) is 9.03. The first kappa shape index (κ1) is 10.3. The number of nitrogens with one attached hydrogen (secondary N) is 1. The summed E-state index contributed by atoms with van der Waals surface area (Å²) in [5.74, 6) is 0.851. The minimum absolute atomic E-state index is 0.588. The van der Waals surface area contributed by atoms with Crippen molar-refractivity contribution in [2.75, 3.05) is 5.32 Å². The Bertz CT molecular complexity index is 509. The molecule has 3 heteroatoms. The molecule has 0 fully saturated rings. The molecule has 0 radical (unpaired) electrons. The molecular weight excluding hydrogens is 200 g/mol. The molecule has 1 N–H and O–H groups in total. The van der Waals surface area contributed by atoms with Crippen LogP contribution in [0.1, 0.15) is 16.9 Å². The Balaban J connectivity index is 2.13. The number of nitriles is 1. The Hall–Kier alpha value is -2.21. The van der Waals surface area contributed by atoms with Gasteiger partial charge in [0.05, 0.1) is 24.1 Å². The summed E-state index contributed by atoms with van der Waals surface area (Å²) in [5.41, 5.74) is 2.58. The van der Waals surface area contributed by atoms with E-state index in [-0.39, 0.29) is 0 Å². The fraction of sp³-hybridized carbons (Fsp3) is 0.154. The van der Waals surface area contributed by atoms with E-state index < -0.39 is 0 Å². The molecule has 0 aliphatic rings. The maximum Gasteiger partial charge on any atom is 0.122 e. The van der Waals surface area contributed by atoms with Crippen molar-refractivity contribution in [3.05, 3.63) is 53.5 Å². The summed E-state index contributed by atoms with van der Waals surface area (Å²) in [7, 11) is 0. The molecule has 2 rings (SSSR count). The number of benzene rings is 1. The Morgan fingerprint density at radius 3 is 2.94 bits per heavy atom. The van der Waals surface area contributed by atoms with Crippen molar-refractivity contribution in [3.8, 4) is 6.07 Å². The van der Waals surface area contributed by atoms with Gasteiger partial charge in [0, 0.05) is 0 Å². The zero-order valence-electron chi connectivity index (χ0n) is 9.03. The molecule has 0 saturated carbocycles. The molecule has 0 spiro atoms. The van der Waals surface area contributed by atoms with E-state index in [0.29, 0.717) is 12.1 Å². The highest BCUT2D eigenvalue weighted by molar-refractivity contribution is 5.58. The molecule has 3 nitrogen and oxygen atoms in total. The minimum Gasteiger partial charge on any atom is -0.467 e. The van der Waals surface area contributed by atoms with Crippen molar-refractivity contribution in [2.24, 2.45) is 0 Å². The fourth-order valence-corrected chi connectivity index (χ4v) is 1.50. The molecule has 16 heavy (non-hydrogen) atoms. The normalized spacial score (nSPS) is 9.75. The molecule has 1 heterocycles. The predicted octanol–water partition coefficient (Wildman–Crippen LogP) is 3.07. The third-order valence-electron chi connectivity index (χ3n) is 2.33. The number of furan rings is 1. The van der Waals surface area contributed by atoms with Crippen LogP contribution in [0, 0.1) is 18.3 Å². The van der Waals surface area contributed by atoms with Crippen molar-refractivity contribution in [1.82, 2.24) is 0 Å². The Kier molecular flexibility index (Phi) is 2.93. The Morgan fingerprint density at radius 2 is 2.25 bits per heavy atom. The molecule has 2 aromatic rings. The van der Waals surface area contributed by atoms with Crippen LogP contribution in [-0.2, 0) is 6.54 Å². The summed E-state index contributed by atoms with van der Waals surface area (Å²) in [4.78, 5) is 0. The van der Waals surface area contributed by atoms with Crippen molar-refractivity contribution < 1.29 is 4.42 Å². The van der Waals surface area contributed by atoms with Gasteiger partial charge in [0.2, 0.25) is 0 Å². The molecule has 0 bridgehead atoms. The molecule has 80 valence electrons. The molecule has 0 amide bonds. The van der Waals surface area contributed by atoms with Gasteiger partial charge < -0.3 is 9.73 Å². The average Bonchev–Trinajstić information content (AvgIpc) is 2.80. The second kappa shape index (κ2) is 4.54. The number of aryl methyl sites for hydroxylation is 1. The number of nitrogens with zero attached hydrogens (tertiary/aromatic N) is 1. The van der Waals surface area contributed by atoms with Crippen LogP contribution < -0.4 is 5.32 Å². The van der Waals surface area contributed by atoms with Gasteiger partial charge in [0.25, 0.3) is 0 Å². The standard InChI is InChI=1S/C13H12N2O/c1-10-4-5-13(11(7-10)8-14)15-9-12-3-2-6-16-12/h2-7,15H,9H2,1H3. The van der Waals surface area contributed by atoms with E-state index in [0.717, 1.165) is 17.0 Å². The zero-order chi connectivity index (χ0) is 11.4. The minimum atomic E-state index is 0.588. The molecule has 1 aromatic carbocycles. The molecule has 0 unspecified atom stereocenters. The van der Waals surface area contributed by atoms with Crippen LogP contribution in [0.3, 0.4) is 0 Å². The van der Waals surface area contributed by atoms with Crippen LogP contribution in [0.5, 0.6) is 0 Å². The lowest BCUT2D eigenvalue weighted by atomic mass is 10.1. The van der Waals surface area contributed by atoms with E-state index in [9.17, 15) is 0 Å². The van der Waals surface area contributed by atoms with Crippen LogP contribution in [0.25, 0.3) is 0 Å². The van der Waals surface area contributed by atoms with E-state index in [4.69, 9.17) is 9.68 Å². The first-order valence-electron chi connectivity index (χ1n) is 5.06. The van der Waals surface area contributed by atoms with Crippen molar-refractivity contribution in [1.29, 1.82) is 5.26 Å². The predicted molar refractivity (Wildman–Crippen MR) is 61.9 cm³/mol. The summed E-state index contributed by atoms with van der Waals surface area (Å²) < 4.78 is 5.21. The number of hydrogen-bond acceptors (Lipinski definition) is 3. The Morgan fingerprint density at radius 1 is 1.38 bits per heavy atom. The first-order chi connectivity index (χ1) is 7.79. The number of hydrogen-bond donors (Lipinski definition) is 1. The van der Waals surface area contributed by atoms with Gasteiger partial charge in [0.1, 0.15) is 11.8 Å². The fourth-order valence-electron chi connectivity index (χ4n) is 1.50. The highest BCUT2D eigenvalue weighted by Crippen LogP contribution is 2.17. The molecular formula is C13H12N2O. The van der Waals surface area contributed by atoms with Crippen molar-refractivity contribution in [3.63, 3.8) is 0 Å². The summed E-state index contributed by atoms with van der Waals surface area (Å²) in [6.45, 7) is 2.56. The van der Waals surface area contributed by atoms with Gasteiger partial charge in [-0.05, 0) is 36.8 Å². The molecule has 0 aliphatic carbocycles. The SMILES string of the molecule is Cc1ccc(NCc2ccco2)c(C#N)c1. The van der Waals surface area contributed by atoms with Crippen LogP contribution in [-0.4, -0.2) is 0 Å². The van der Waals surface area contributed by atoms with E-state index >= 15 is 0 Å². The number of anilines is 1. The lowest BCUT2D eigenvalue weighted by molar-refractivity contribution is 0.518. The maximum atomic E-state index is 8.99. The van der Waals surface area contributed by atoms with Crippen LogP contribution in [0.4, 0.5) is 5.69 Å². The molecule has 1 aromatic heterocycles. The third kappa shape index (κ3) is 2.23.